The molecule has 19 heavy (non-hydrogen) atoms. The monoisotopic (exact) mass is 277 g/mol. The molecular formula is C14H19N3OS. The van der Waals surface area contributed by atoms with Crippen molar-refractivity contribution in [3.8, 4) is 0 Å². The van der Waals surface area contributed by atoms with Gasteiger partial charge in [-0.15, -0.1) is 11.3 Å². The van der Waals surface area contributed by atoms with Crippen LogP contribution in [0.3, 0.4) is 0 Å². The number of rotatable bonds is 4. The molecule has 2 rings (SSSR count). The van der Waals surface area contributed by atoms with Crippen LogP contribution < -0.4 is 4.90 Å². The number of aliphatic hydroxyl groups is 1. The Hall–Kier alpha value is -1.46. The summed E-state index contributed by atoms with van der Waals surface area (Å²) in [6.45, 7) is 6.69. The Morgan fingerprint density at radius 2 is 2.00 bits per heavy atom. The van der Waals surface area contributed by atoms with E-state index in [0.717, 1.165) is 33.3 Å². The van der Waals surface area contributed by atoms with Gasteiger partial charge in [0, 0.05) is 23.7 Å². The van der Waals surface area contributed by atoms with Gasteiger partial charge in [-0.25, -0.2) is 9.97 Å². The molecule has 0 fully saturated rings. The smallest absolute Gasteiger partial charge is 0.134 e. The maximum atomic E-state index is 9.53. The maximum Gasteiger partial charge on any atom is 0.134 e. The number of pyridine rings is 1. The molecule has 1 N–H and O–H groups in total. The molecule has 2 aromatic heterocycles. The van der Waals surface area contributed by atoms with E-state index < -0.39 is 0 Å². The molecule has 0 radical (unpaired) electrons. The van der Waals surface area contributed by atoms with Gasteiger partial charge in [0.25, 0.3) is 0 Å². The average molecular weight is 277 g/mol. The maximum absolute atomic E-state index is 9.53. The van der Waals surface area contributed by atoms with Gasteiger partial charge in [0.2, 0.25) is 0 Å². The first kappa shape index (κ1) is 14.0. The van der Waals surface area contributed by atoms with Crippen LogP contribution in [0.15, 0.2) is 11.4 Å². The standard InChI is InChI=1S/C14H19N3OS/c1-9-5-10(2)15-14(13(9)7-18)17(4)6-12-8-19-11(3)16-12/h5,8,18H,6-7H2,1-4H3. The van der Waals surface area contributed by atoms with Crippen LogP contribution >= 0.6 is 11.3 Å². The number of nitrogens with zero attached hydrogens (tertiary/aromatic N) is 3. The van der Waals surface area contributed by atoms with E-state index in [4.69, 9.17) is 0 Å². The van der Waals surface area contributed by atoms with Crippen LogP contribution in [0.25, 0.3) is 0 Å². The van der Waals surface area contributed by atoms with E-state index in [1.54, 1.807) is 11.3 Å². The van der Waals surface area contributed by atoms with Crippen molar-refractivity contribution in [2.24, 2.45) is 0 Å². The zero-order chi connectivity index (χ0) is 14.0. The molecule has 102 valence electrons. The second-order valence-electron chi connectivity index (χ2n) is 4.75. The molecule has 0 saturated heterocycles. The number of aliphatic hydroxyl groups excluding tert-OH is 1. The van der Waals surface area contributed by atoms with Crippen molar-refractivity contribution in [2.45, 2.75) is 33.9 Å². The van der Waals surface area contributed by atoms with Crippen molar-refractivity contribution in [1.82, 2.24) is 9.97 Å². The van der Waals surface area contributed by atoms with E-state index in [2.05, 4.69) is 15.3 Å². The highest BCUT2D eigenvalue weighted by atomic mass is 32.1. The van der Waals surface area contributed by atoms with E-state index in [9.17, 15) is 5.11 Å². The second kappa shape index (κ2) is 5.67. The van der Waals surface area contributed by atoms with Crippen LogP contribution in [-0.4, -0.2) is 22.1 Å². The number of hydrogen-bond donors (Lipinski definition) is 1. The lowest BCUT2D eigenvalue weighted by atomic mass is 10.1. The van der Waals surface area contributed by atoms with Gasteiger partial charge < -0.3 is 10.0 Å². The molecule has 0 aliphatic carbocycles. The fraction of sp³-hybridized carbons (Fsp3) is 0.429. The van der Waals surface area contributed by atoms with E-state index in [0.29, 0.717) is 6.54 Å². The SMILES string of the molecule is Cc1cc(C)c(CO)c(N(C)Cc2csc(C)n2)n1. The summed E-state index contributed by atoms with van der Waals surface area (Å²) in [5.41, 5.74) is 3.97. The number of aromatic nitrogens is 2. The molecule has 0 spiro atoms. The van der Waals surface area contributed by atoms with E-state index in [1.807, 2.05) is 38.8 Å². The van der Waals surface area contributed by atoms with Crippen LogP contribution in [0.4, 0.5) is 5.82 Å². The molecule has 0 saturated carbocycles. The van der Waals surface area contributed by atoms with Crippen molar-refractivity contribution in [3.63, 3.8) is 0 Å². The molecule has 0 bridgehead atoms. The summed E-state index contributed by atoms with van der Waals surface area (Å²) in [6.07, 6.45) is 0. The number of hydrogen-bond acceptors (Lipinski definition) is 5. The zero-order valence-electron chi connectivity index (χ0n) is 11.8. The summed E-state index contributed by atoms with van der Waals surface area (Å²) < 4.78 is 0. The fourth-order valence-corrected chi connectivity index (χ4v) is 2.76. The predicted octanol–water partition coefficient (Wildman–Crippen LogP) is 2.59. The summed E-state index contributed by atoms with van der Waals surface area (Å²) in [7, 11) is 1.98. The first-order valence-electron chi connectivity index (χ1n) is 6.21. The third-order valence-electron chi connectivity index (χ3n) is 3.04. The summed E-state index contributed by atoms with van der Waals surface area (Å²) in [4.78, 5) is 11.1. The molecule has 0 aliphatic heterocycles. The minimum absolute atomic E-state index is 0.00881. The summed E-state index contributed by atoms with van der Waals surface area (Å²) >= 11 is 1.65. The lowest BCUT2D eigenvalue weighted by molar-refractivity contribution is 0.281. The van der Waals surface area contributed by atoms with Crippen molar-refractivity contribution < 1.29 is 5.11 Å². The Labute approximate surface area is 117 Å². The van der Waals surface area contributed by atoms with Crippen molar-refractivity contribution in [3.05, 3.63) is 39.0 Å². The minimum Gasteiger partial charge on any atom is -0.392 e. The fourth-order valence-electron chi connectivity index (χ4n) is 2.15. The average Bonchev–Trinajstić information content (AvgIpc) is 2.73. The number of thiazole rings is 1. The zero-order valence-corrected chi connectivity index (χ0v) is 12.6. The molecule has 0 amide bonds. The quantitative estimate of drug-likeness (QED) is 0.933. The van der Waals surface area contributed by atoms with Crippen LogP contribution in [0.1, 0.15) is 27.5 Å². The van der Waals surface area contributed by atoms with Gasteiger partial charge in [0.05, 0.1) is 23.9 Å². The normalized spacial score (nSPS) is 10.8. The minimum atomic E-state index is 0.00881. The third kappa shape index (κ3) is 3.11. The van der Waals surface area contributed by atoms with E-state index in [-0.39, 0.29) is 6.61 Å². The first-order chi connectivity index (χ1) is 9.01. The van der Waals surface area contributed by atoms with Crippen molar-refractivity contribution in [1.29, 1.82) is 0 Å². The molecule has 0 atom stereocenters. The Morgan fingerprint density at radius 3 is 2.58 bits per heavy atom. The molecule has 4 nitrogen and oxygen atoms in total. The van der Waals surface area contributed by atoms with Gasteiger partial charge in [0.15, 0.2) is 0 Å². The van der Waals surface area contributed by atoms with Crippen LogP contribution in [0.5, 0.6) is 0 Å². The molecule has 5 heteroatoms. The molecular weight excluding hydrogens is 258 g/mol. The highest BCUT2D eigenvalue weighted by molar-refractivity contribution is 7.09. The Bertz CT molecular complexity index is 580. The Morgan fingerprint density at radius 1 is 1.26 bits per heavy atom. The van der Waals surface area contributed by atoms with Crippen molar-refractivity contribution >= 4 is 17.2 Å². The summed E-state index contributed by atoms with van der Waals surface area (Å²) in [6, 6.07) is 2.00. The summed E-state index contributed by atoms with van der Waals surface area (Å²) in [5.74, 6) is 0.839. The summed E-state index contributed by atoms with van der Waals surface area (Å²) in [5, 5.41) is 12.7. The molecule has 2 aromatic rings. The molecule has 2 heterocycles. The third-order valence-corrected chi connectivity index (χ3v) is 3.86. The highest BCUT2D eigenvalue weighted by Gasteiger charge is 2.13. The highest BCUT2D eigenvalue weighted by Crippen LogP contribution is 2.23. The Balaban J connectivity index is 2.30. The van der Waals surface area contributed by atoms with Crippen LogP contribution in [0.2, 0.25) is 0 Å². The molecule has 0 aliphatic rings. The number of anilines is 1. The second-order valence-corrected chi connectivity index (χ2v) is 5.82. The van der Waals surface area contributed by atoms with Crippen molar-refractivity contribution in [2.75, 3.05) is 11.9 Å². The van der Waals surface area contributed by atoms with Gasteiger partial charge in [-0.2, -0.15) is 0 Å². The largest absolute Gasteiger partial charge is 0.392 e. The topological polar surface area (TPSA) is 49.2 Å². The van der Waals surface area contributed by atoms with Crippen LogP contribution in [-0.2, 0) is 13.2 Å². The van der Waals surface area contributed by atoms with Gasteiger partial charge in [-0.1, -0.05) is 0 Å². The van der Waals surface area contributed by atoms with E-state index in [1.165, 1.54) is 0 Å². The lowest BCUT2D eigenvalue weighted by Gasteiger charge is -2.21. The number of aryl methyl sites for hydroxylation is 3. The van der Waals surface area contributed by atoms with Crippen LogP contribution in [0, 0.1) is 20.8 Å². The van der Waals surface area contributed by atoms with Gasteiger partial charge in [-0.05, 0) is 32.4 Å². The lowest BCUT2D eigenvalue weighted by Crippen LogP contribution is -2.20. The van der Waals surface area contributed by atoms with Gasteiger partial charge in [-0.3, -0.25) is 0 Å². The molecule has 0 unspecified atom stereocenters. The van der Waals surface area contributed by atoms with Gasteiger partial charge >= 0.3 is 0 Å². The molecule has 0 aromatic carbocycles. The predicted molar refractivity (Wildman–Crippen MR) is 78.6 cm³/mol. The van der Waals surface area contributed by atoms with E-state index >= 15 is 0 Å². The first-order valence-corrected chi connectivity index (χ1v) is 7.09. The Kier molecular flexibility index (Phi) is 4.17. The van der Waals surface area contributed by atoms with Gasteiger partial charge in [0.1, 0.15) is 5.82 Å².